The van der Waals surface area contributed by atoms with Crippen LogP contribution in [-0.4, -0.2) is 61.5 Å². The van der Waals surface area contributed by atoms with Crippen LogP contribution in [-0.2, 0) is 36.1 Å². The maximum absolute atomic E-state index is 14.2. The Hall–Kier alpha value is -5.44. The molecule has 2 atom stereocenters. The third-order valence-electron chi connectivity index (χ3n) is 9.73. The molecule has 0 unspecified atom stereocenters. The molecule has 0 amide bonds. The zero-order chi connectivity index (χ0) is 35.8. The van der Waals surface area contributed by atoms with Crippen LogP contribution in [0.1, 0.15) is 36.6 Å². The molecule has 15 heteroatoms. The number of carbonyl (C=O) groups excluding carboxylic acids is 2. The number of halogens is 1. The Kier molecular flexibility index (Phi) is 8.04. The number of allylic oxidation sites excluding steroid dienone is 6. The molecular weight excluding hydrogens is 714 g/mol. The van der Waals surface area contributed by atoms with Gasteiger partial charge >= 0.3 is 11.4 Å². The van der Waals surface area contributed by atoms with Crippen molar-refractivity contribution in [2.75, 3.05) is 21.3 Å². The van der Waals surface area contributed by atoms with E-state index in [1.165, 1.54) is 41.3 Å². The van der Waals surface area contributed by atoms with Gasteiger partial charge in [0.1, 0.15) is 5.69 Å². The van der Waals surface area contributed by atoms with Gasteiger partial charge in [-0.3, -0.25) is 14.4 Å². The number of ketones is 2. The number of nitrogens with zero attached hydrogens (tertiary/aromatic N) is 5. The summed E-state index contributed by atoms with van der Waals surface area (Å²) >= 11 is 3.46. The van der Waals surface area contributed by atoms with E-state index >= 15 is 0 Å². The zero-order valence-electron chi connectivity index (χ0n) is 27.8. The van der Waals surface area contributed by atoms with Crippen molar-refractivity contribution >= 4 is 38.5 Å². The van der Waals surface area contributed by atoms with Crippen molar-refractivity contribution in [3.8, 4) is 23.0 Å². The molecule has 0 spiro atoms. The van der Waals surface area contributed by atoms with Gasteiger partial charge in [0.15, 0.2) is 34.6 Å². The maximum Gasteiger partial charge on any atom is 0.347 e. The van der Waals surface area contributed by atoms with E-state index in [1.807, 2.05) is 0 Å². The molecule has 0 fully saturated rings. The van der Waals surface area contributed by atoms with E-state index in [2.05, 4.69) is 20.9 Å². The number of phenolic OH excluding ortho intramolecular Hbond substituents is 1. The largest absolute Gasteiger partial charge is 0.504 e. The van der Waals surface area contributed by atoms with E-state index < -0.39 is 28.9 Å². The SMILES string of the molecule is COc1cc2nc(CCn3c(=O)n4n(c3=O)[C@@H]3CC5=C(C(=O)C=C(C)C5=O)[C@@H](c5cc(Br)cc(OC)c5O)C3=CC4)c(=O)n(C)c2cc1OC. The molecule has 0 saturated heterocycles. The van der Waals surface area contributed by atoms with Crippen LogP contribution in [0.15, 0.2) is 77.6 Å². The lowest BCUT2D eigenvalue weighted by Crippen LogP contribution is -2.40. The first kappa shape index (κ1) is 33.1. The smallest absolute Gasteiger partial charge is 0.347 e. The van der Waals surface area contributed by atoms with E-state index in [1.54, 1.807) is 44.3 Å². The van der Waals surface area contributed by atoms with Crippen molar-refractivity contribution in [1.29, 1.82) is 0 Å². The predicted molar refractivity (Wildman–Crippen MR) is 184 cm³/mol. The number of phenols is 1. The summed E-state index contributed by atoms with van der Waals surface area (Å²) in [5.41, 5.74) is 1.08. The molecule has 1 aliphatic heterocycles. The molecule has 3 heterocycles. The molecule has 0 saturated carbocycles. The van der Waals surface area contributed by atoms with Crippen LogP contribution in [0.3, 0.4) is 0 Å². The summed E-state index contributed by atoms with van der Waals surface area (Å²) in [4.78, 5) is 73.0. The van der Waals surface area contributed by atoms with Gasteiger partial charge in [0.25, 0.3) is 5.56 Å². The van der Waals surface area contributed by atoms with Crippen LogP contribution < -0.4 is 31.1 Å². The molecule has 50 heavy (non-hydrogen) atoms. The number of hydrogen-bond donors (Lipinski definition) is 1. The molecule has 0 radical (unpaired) electrons. The highest BCUT2D eigenvalue weighted by atomic mass is 79.9. The summed E-state index contributed by atoms with van der Waals surface area (Å²) in [7, 11) is 5.98. The molecule has 0 bridgehead atoms. The minimum absolute atomic E-state index is 0.00740. The second-order valence-electron chi connectivity index (χ2n) is 12.3. The predicted octanol–water partition coefficient (Wildman–Crippen LogP) is 2.86. The van der Waals surface area contributed by atoms with Crippen LogP contribution in [0.25, 0.3) is 11.0 Å². The number of methoxy groups -OCH3 is 3. The molecule has 2 aliphatic carbocycles. The number of carbonyl (C=O) groups is 2. The van der Waals surface area contributed by atoms with E-state index in [9.17, 15) is 29.1 Å². The lowest BCUT2D eigenvalue weighted by molar-refractivity contribution is -0.116. The second-order valence-corrected chi connectivity index (χ2v) is 13.2. The average molecular weight is 747 g/mol. The fourth-order valence-corrected chi connectivity index (χ4v) is 7.76. The quantitative estimate of drug-likeness (QED) is 0.220. The third kappa shape index (κ3) is 4.89. The number of benzene rings is 2. The van der Waals surface area contributed by atoms with Crippen molar-refractivity contribution in [2.45, 2.75) is 44.8 Å². The van der Waals surface area contributed by atoms with Crippen LogP contribution in [0.2, 0.25) is 0 Å². The van der Waals surface area contributed by atoms with Gasteiger partial charge in [-0.05, 0) is 30.7 Å². The van der Waals surface area contributed by atoms with E-state index in [0.717, 1.165) is 4.57 Å². The summed E-state index contributed by atoms with van der Waals surface area (Å²) in [6, 6.07) is 5.71. The van der Waals surface area contributed by atoms with Crippen molar-refractivity contribution in [3.63, 3.8) is 0 Å². The van der Waals surface area contributed by atoms with Gasteiger partial charge in [0.2, 0.25) is 0 Å². The normalized spacial score (nSPS) is 18.4. The van der Waals surface area contributed by atoms with Gasteiger partial charge in [-0.2, -0.15) is 0 Å². The minimum Gasteiger partial charge on any atom is -0.504 e. The molecule has 258 valence electrons. The Morgan fingerprint density at radius 1 is 0.960 bits per heavy atom. The highest BCUT2D eigenvalue weighted by molar-refractivity contribution is 9.10. The number of aryl methyl sites for hydroxylation is 2. The zero-order valence-corrected chi connectivity index (χ0v) is 29.4. The summed E-state index contributed by atoms with van der Waals surface area (Å²) in [5, 5.41) is 11.3. The minimum atomic E-state index is -0.907. The third-order valence-corrected chi connectivity index (χ3v) is 10.2. The highest BCUT2D eigenvalue weighted by Crippen LogP contribution is 2.53. The summed E-state index contributed by atoms with van der Waals surface area (Å²) in [6.45, 7) is 1.40. The van der Waals surface area contributed by atoms with Crippen molar-refractivity contribution in [1.82, 2.24) is 23.5 Å². The Balaban J connectivity index is 1.32. The van der Waals surface area contributed by atoms with Crippen molar-refractivity contribution in [3.05, 3.63) is 106 Å². The summed E-state index contributed by atoms with van der Waals surface area (Å²) < 4.78 is 21.8. The average Bonchev–Trinajstić information content (AvgIpc) is 3.35. The summed E-state index contributed by atoms with van der Waals surface area (Å²) in [5.74, 6) is -0.814. The highest BCUT2D eigenvalue weighted by Gasteiger charge is 2.45. The molecule has 2 aromatic heterocycles. The molecule has 14 nitrogen and oxygen atoms in total. The van der Waals surface area contributed by atoms with Crippen molar-refractivity contribution in [2.24, 2.45) is 7.05 Å². The van der Waals surface area contributed by atoms with E-state index in [0.29, 0.717) is 38.1 Å². The first-order valence-corrected chi connectivity index (χ1v) is 16.5. The maximum atomic E-state index is 14.2. The number of ether oxygens (including phenoxy) is 3. The second kappa shape index (κ2) is 12.2. The fourth-order valence-electron chi connectivity index (χ4n) is 7.31. The van der Waals surface area contributed by atoms with Crippen LogP contribution in [0, 0.1) is 0 Å². The van der Waals surface area contributed by atoms with E-state index in [-0.39, 0.29) is 71.4 Å². The lowest BCUT2D eigenvalue weighted by atomic mass is 9.67. The number of hydrogen-bond acceptors (Lipinski definition) is 10. The Morgan fingerprint density at radius 2 is 1.66 bits per heavy atom. The van der Waals surface area contributed by atoms with Crippen LogP contribution >= 0.6 is 15.9 Å². The van der Waals surface area contributed by atoms with Gasteiger partial charge in [0.05, 0.1) is 44.9 Å². The standard InChI is InChI=1S/C35H32BrN5O9/c1-16-10-25(42)30-20(31(16)43)13-23-18(29(30)19-11-17(36)12-28(50-5)32(19)44)6-9-40-34(46)39(35(47)41(23)40)8-7-21-33(45)38(2)24-15-27(49-4)26(48-3)14-22(24)37-21/h6,10-12,14-15,23,29,44H,7-9,13H2,1-5H3/t23-,29-/m1/s1. The monoisotopic (exact) mass is 745 g/mol. The molecule has 7 rings (SSSR count). The Morgan fingerprint density at radius 3 is 2.36 bits per heavy atom. The molecular formula is C35H32BrN5O9. The number of fused-ring (bicyclic) bond motifs is 4. The first-order valence-electron chi connectivity index (χ1n) is 15.7. The van der Waals surface area contributed by atoms with E-state index in [4.69, 9.17) is 14.2 Å². The Labute approximate surface area is 292 Å². The van der Waals surface area contributed by atoms with Crippen LogP contribution in [0.4, 0.5) is 0 Å². The van der Waals surface area contributed by atoms with Gasteiger partial charge in [-0.15, -0.1) is 0 Å². The number of aromatic hydroxyl groups is 1. The van der Waals surface area contributed by atoms with Gasteiger partial charge < -0.3 is 23.9 Å². The van der Waals surface area contributed by atoms with Crippen molar-refractivity contribution < 1.29 is 28.9 Å². The van der Waals surface area contributed by atoms with Gasteiger partial charge in [-0.1, -0.05) is 22.0 Å². The number of aromatic nitrogens is 5. The first-order chi connectivity index (χ1) is 23.9. The van der Waals surface area contributed by atoms with Crippen LogP contribution in [0.5, 0.6) is 23.0 Å². The molecule has 3 aliphatic rings. The molecule has 1 N–H and O–H groups in total. The van der Waals surface area contributed by atoms with Gasteiger partial charge in [-0.25, -0.2) is 28.5 Å². The summed E-state index contributed by atoms with van der Waals surface area (Å²) in [6.07, 6.45) is 3.02. The molecule has 4 aromatic rings. The fraction of sp³-hybridized carbons (Fsp3) is 0.314. The lowest BCUT2D eigenvalue weighted by Gasteiger charge is -2.39. The number of Topliss-reactive ketones (excluding diaryl/α,β-unsaturated/α-hetero) is 1. The number of rotatable bonds is 7. The Bertz CT molecular complexity index is 2460. The molecule has 2 aromatic carbocycles. The van der Waals surface area contributed by atoms with Gasteiger partial charge in [0, 0.05) is 71.2 Å². The topological polar surface area (TPSA) is 166 Å².